The Morgan fingerprint density at radius 3 is 2.64 bits per heavy atom. The van der Waals surface area contributed by atoms with E-state index in [-0.39, 0.29) is 49.7 Å². The first-order chi connectivity index (χ1) is 18.8. The van der Waals surface area contributed by atoms with Crippen molar-refractivity contribution in [3.05, 3.63) is 59.4 Å². The van der Waals surface area contributed by atoms with Gasteiger partial charge in [-0.3, -0.25) is 19.2 Å². The minimum atomic E-state index is -1.24. The third-order valence-corrected chi connectivity index (χ3v) is 7.48. The highest BCUT2D eigenvalue weighted by molar-refractivity contribution is 5.95. The molecule has 0 saturated carbocycles. The number of nitrogens with one attached hydrogen (secondary N) is 2. The highest BCUT2D eigenvalue weighted by Crippen LogP contribution is 2.35. The van der Waals surface area contributed by atoms with Gasteiger partial charge in [-0.25, -0.2) is 0 Å². The number of nitrogens with zero attached hydrogens (tertiary/aromatic N) is 4. The Hall–Kier alpha value is -3.82. The molecule has 0 bridgehead atoms. The third-order valence-electron chi connectivity index (χ3n) is 7.48. The number of hydrogen-bond acceptors (Lipinski definition) is 6. The standard InChI is InChI=1S/C29H38N6O4/c1-21(2)12-17-35-20-25(36)33-29(13-5-8-22-7-3-4-9-24(22)29)28(39)30-15-18-34(16-6-10-26(35)37)27(38)23-11-14-31-32-19-23/h3-4,7,9,11,14,19,21H,5-6,8,10,12-13,15-18,20H2,1-2H3,(H,30,39)(H,33,36). The van der Waals surface area contributed by atoms with Gasteiger partial charge in [0, 0.05) is 32.6 Å². The summed E-state index contributed by atoms with van der Waals surface area (Å²) in [5, 5.41) is 13.6. The summed E-state index contributed by atoms with van der Waals surface area (Å²) in [6.45, 7) is 5.27. The largest absolute Gasteiger partial charge is 0.352 e. The van der Waals surface area contributed by atoms with Crippen LogP contribution >= 0.6 is 0 Å². The minimum absolute atomic E-state index is 0.117. The Morgan fingerprint density at radius 2 is 1.87 bits per heavy atom. The fraction of sp³-hybridized carbons (Fsp3) is 0.517. The molecule has 1 aromatic carbocycles. The van der Waals surface area contributed by atoms with Crippen molar-refractivity contribution in [3.8, 4) is 0 Å². The summed E-state index contributed by atoms with van der Waals surface area (Å²) in [6.07, 6.45) is 6.29. The van der Waals surface area contributed by atoms with Crippen LogP contribution in [0.25, 0.3) is 0 Å². The number of benzene rings is 1. The molecule has 1 aliphatic heterocycles. The number of aromatic nitrogens is 2. The molecule has 39 heavy (non-hydrogen) atoms. The molecular weight excluding hydrogens is 496 g/mol. The molecule has 1 aliphatic carbocycles. The first-order valence-electron chi connectivity index (χ1n) is 13.8. The van der Waals surface area contributed by atoms with E-state index in [1.807, 2.05) is 24.3 Å². The summed E-state index contributed by atoms with van der Waals surface area (Å²) in [4.78, 5) is 57.0. The molecule has 10 nitrogen and oxygen atoms in total. The lowest BCUT2D eigenvalue weighted by molar-refractivity contribution is -0.139. The van der Waals surface area contributed by atoms with Crippen LogP contribution in [0.15, 0.2) is 42.7 Å². The fourth-order valence-corrected chi connectivity index (χ4v) is 5.36. The molecule has 10 heteroatoms. The van der Waals surface area contributed by atoms with Crippen molar-refractivity contribution in [2.45, 2.75) is 57.9 Å². The zero-order valence-corrected chi connectivity index (χ0v) is 22.8. The van der Waals surface area contributed by atoms with Gasteiger partial charge in [0.15, 0.2) is 0 Å². The Balaban J connectivity index is 1.64. The van der Waals surface area contributed by atoms with Crippen LogP contribution in [0, 0.1) is 5.92 Å². The summed E-state index contributed by atoms with van der Waals surface area (Å²) in [7, 11) is 0. The number of carbonyl (C=O) groups is 4. The normalized spacial score (nSPS) is 21.3. The molecule has 1 fully saturated rings. The summed E-state index contributed by atoms with van der Waals surface area (Å²) < 4.78 is 0. The second kappa shape index (κ2) is 12.8. The van der Waals surface area contributed by atoms with Gasteiger partial charge in [0.25, 0.3) is 11.8 Å². The van der Waals surface area contributed by atoms with E-state index in [1.54, 1.807) is 15.9 Å². The van der Waals surface area contributed by atoms with Gasteiger partial charge in [0.1, 0.15) is 5.54 Å². The van der Waals surface area contributed by atoms with Crippen LogP contribution in [0.2, 0.25) is 0 Å². The van der Waals surface area contributed by atoms with Gasteiger partial charge in [-0.1, -0.05) is 38.1 Å². The third kappa shape index (κ3) is 6.79. The molecule has 1 aromatic heterocycles. The number of hydrogen-bond donors (Lipinski definition) is 2. The Labute approximate surface area is 229 Å². The maximum atomic E-state index is 13.8. The van der Waals surface area contributed by atoms with Crippen LogP contribution < -0.4 is 10.6 Å². The van der Waals surface area contributed by atoms with Crippen molar-refractivity contribution in [2.75, 3.05) is 32.7 Å². The molecule has 2 heterocycles. The number of carbonyl (C=O) groups excluding carboxylic acids is 4. The van der Waals surface area contributed by atoms with Gasteiger partial charge in [0.05, 0.1) is 24.5 Å². The minimum Gasteiger partial charge on any atom is -0.352 e. The SMILES string of the molecule is CC(C)CCN1CC(=O)NC2(CCCc3ccccc32)C(=O)NCCN(C(=O)c2ccnnc2)CCCC1=O. The maximum absolute atomic E-state index is 13.8. The van der Waals surface area contributed by atoms with E-state index in [1.165, 1.54) is 12.4 Å². The molecule has 2 aromatic rings. The lowest BCUT2D eigenvalue weighted by Crippen LogP contribution is -2.60. The molecule has 2 aliphatic rings. The second-order valence-electron chi connectivity index (χ2n) is 10.7. The van der Waals surface area contributed by atoms with Gasteiger partial charge < -0.3 is 20.4 Å². The van der Waals surface area contributed by atoms with E-state index in [4.69, 9.17) is 0 Å². The van der Waals surface area contributed by atoms with Gasteiger partial charge in [0.2, 0.25) is 11.8 Å². The lowest BCUT2D eigenvalue weighted by Gasteiger charge is -2.39. The zero-order valence-electron chi connectivity index (χ0n) is 22.8. The predicted molar refractivity (Wildman–Crippen MR) is 145 cm³/mol. The molecular formula is C29H38N6O4. The van der Waals surface area contributed by atoms with E-state index < -0.39 is 5.54 Å². The van der Waals surface area contributed by atoms with Gasteiger partial charge in [-0.05, 0) is 55.2 Å². The van der Waals surface area contributed by atoms with Crippen molar-refractivity contribution in [1.82, 2.24) is 30.6 Å². The van der Waals surface area contributed by atoms with Crippen molar-refractivity contribution < 1.29 is 19.2 Å². The van der Waals surface area contributed by atoms with Crippen LogP contribution in [-0.4, -0.2) is 76.3 Å². The van der Waals surface area contributed by atoms with Crippen molar-refractivity contribution in [2.24, 2.45) is 5.92 Å². The van der Waals surface area contributed by atoms with E-state index in [9.17, 15) is 19.2 Å². The highest BCUT2D eigenvalue weighted by atomic mass is 16.2. The average Bonchev–Trinajstić information content (AvgIpc) is 2.94. The van der Waals surface area contributed by atoms with E-state index >= 15 is 0 Å². The van der Waals surface area contributed by atoms with Crippen LogP contribution in [0.4, 0.5) is 0 Å². The zero-order chi connectivity index (χ0) is 27.8. The summed E-state index contributed by atoms with van der Waals surface area (Å²) >= 11 is 0. The summed E-state index contributed by atoms with van der Waals surface area (Å²) in [6, 6.07) is 9.29. The molecule has 4 amide bonds. The molecule has 4 rings (SSSR count). The molecule has 2 N–H and O–H groups in total. The smallest absolute Gasteiger partial charge is 0.255 e. The summed E-state index contributed by atoms with van der Waals surface area (Å²) in [5.41, 5.74) is 0.958. The van der Waals surface area contributed by atoms with Gasteiger partial charge in [-0.2, -0.15) is 10.2 Å². The molecule has 1 unspecified atom stereocenters. The number of fused-ring (bicyclic) bond motifs is 2. The van der Waals surface area contributed by atoms with E-state index in [2.05, 4.69) is 34.7 Å². The van der Waals surface area contributed by atoms with Crippen LogP contribution in [0.3, 0.4) is 0 Å². The first-order valence-corrected chi connectivity index (χ1v) is 13.8. The topological polar surface area (TPSA) is 125 Å². The summed E-state index contributed by atoms with van der Waals surface area (Å²) in [5.74, 6) is -0.667. The monoisotopic (exact) mass is 534 g/mol. The van der Waals surface area contributed by atoms with E-state index in [0.717, 1.165) is 30.4 Å². The van der Waals surface area contributed by atoms with Crippen molar-refractivity contribution in [3.63, 3.8) is 0 Å². The Bertz CT molecular complexity index is 1190. The predicted octanol–water partition coefficient (Wildman–Crippen LogP) is 2.05. The number of amides is 4. The quantitative estimate of drug-likeness (QED) is 0.619. The van der Waals surface area contributed by atoms with Gasteiger partial charge >= 0.3 is 0 Å². The van der Waals surface area contributed by atoms with E-state index in [0.29, 0.717) is 37.4 Å². The highest BCUT2D eigenvalue weighted by Gasteiger charge is 2.44. The maximum Gasteiger partial charge on any atom is 0.255 e. The average molecular weight is 535 g/mol. The molecule has 208 valence electrons. The molecule has 1 spiro atoms. The molecule has 1 atom stereocenters. The fourth-order valence-electron chi connectivity index (χ4n) is 5.36. The van der Waals surface area contributed by atoms with Crippen LogP contribution in [0.5, 0.6) is 0 Å². The molecule has 1 saturated heterocycles. The van der Waals surface area contributed by atoms with Gasteiger partial charge in [-0.15, -0.1) is 0 Å². The second-order valence-corrected chi connectivity index (χ2v) is 10.7. The molecule has 0 radical (unpaired) electrons. The van der Waals surface area contributed by atoms with Crippen molar-refractivity contribution in [1.29, 1.82) is 0 Å². The Kier molecular flexibility index (Phi) is 9.27. The lowest BCUT2D eigenvalue weighted by atomic mass is 9.75. The van der Waals surface area contributed by atoms with Crippen molar-refractivity contribution >= 4 is 23.6 Å². The van der Waals surface area contributed by atoms with Crippen LogP contribution in [0.1, 0.15) is 67.4 Å². The Morgan fingerprint density at radius 1 is 1.05 bits per heavy atom. The first kappa shape index (κ1) is 28.2. The van der Waals surface area contributed by atoms with Crippen LogP contribution in [-0.2, 0) is 26.3 Å². The number of aryl methyl sites for hydroxylation is 1. The number of rotatable bonds is 4.